The highest BCUT2D eigenvalue weighted by Crippen LogP contribution is 2.60. The number of amidine groups is 2. The summed E-state index contributed by atoms with van der Waals surface area (Å²) in [6, 6.07) is 14.1. The van der Waals surface area contributed by atoms with Crippen molar-refractivity contribution in [2.45, 2.75) is 245 Å². The van der Waals surface area contributed by atoms with Crippen molar-refractivity contribution in [3.05, 3.63) is 36.4 Å². The first-order valence-corrected chi connectivity index (χ1v) is 29.4. The van der Waals surface area contributed by atoms with Crippen molar-refractivity contribution >= 4 is 61.2 Å². The lowest BCUT2D eigenvalue weighted by Gasteiger charge is -2.40. The normalized spacial score (nSPS) is 20.2. The number of aliphatic imine (C=N–C) groups is 4. The maximum absolute atomic E-state index is 6.14. The maximum Gasteiger partial charge on any atom is 0.124 e. The van der Waals surface area contributed by atoms with E-state index in [9.17, 15) is 0 Å². The van der Waals surface area contributed by atoms with E-state index in [1.54, 1.807) is 0 Å². The molecule has 0 radical (unpaired) electrons. The first kappa shape index (κ1) is 51.0. The number of benzene rings is 2. The topological polar surface area (TPSA) is 73.5 Å². The van der Waals surface area contributed by atoms with Crippen LogP contribution >= 0.6 is 15.8 Å². The SMILES string of the molecule is CC(CC(C)C)=Nc1cccc(N=C(CC(C)C)P(C2CCCCC2)C2CCCCC2)c1-c1c(NC(C)=NC(C)C)cccc1NC(=NC(C)C)P(C1CCCCC1)C1CCCCC1. The van der Waals surface area contributed by atoms with Gasteiger partial charge < -0.3 is 10.6 Å². The Labute approximate surface area is 394 Å². The van der Waals surface area contributed by atoms with Crippen molar-refractivity contribution in [2.75, 3.05) is 10.6 Å². The molecule has 354 valence electrons. The molecule has 2 aromatic carbocycles. The summed E-state index contributed by atoms with van der Waals surface area (Å²) >= 11 is 0. The molecule has 0 amide bonds. The van der Waals surface area contributed by atoms with E-state index in [4.69, 9.17) is 20.0 Å². The number of hydrogen-bond donors (Lipinski definition) is 2. The standard InChI is InChI=1S/C56H90N6P2/c1-39(2)37-43(9)59-49-33-23-35-51(61-53(38-40(3)4)63(45-25-15-11-16-26-45)46-27-17-12-18-28-46)54(49)55-50(60-44(10)57-41(5)6)34-24-36-52(55)62-56(58-42(7)8)64(47-29-19-13-20-30-47)48-31-21-14-22-32-48/h23-24,33-36,39-42,45-48H,11-22,25-32,37-38H2,1-10H3,(H,57,60)(H,58,62). The third-order valence-electron chi connectivity index (χ3n) is 14.0. The summed E-state index contributed by atoms with van der Waals surface area (Å²) in [5, 5.41) is 8.17. The number of nitrogens with zero attached hydrogens (tertiary/aromatic N) is 4. The molecule has 4 saturated carbocycles. The molecule has 0 unspecified atom stereocenters. The largest absolute Gasteiger partial charge is 0.344 e. The van der Waals surface area contributed by atoms with E-state index in [-0.39, 0.29) is 20.0 Å². The smallest absolute Gasteiger partial charge is 0.124 e. The lowest BCUT2D eigenvalue weighted by Crippen LogP contribution is -2.28. The van der Waals surface area contributed by atoms with Crippen LogP contribution in [-0.4, -0.2) is 57.3 Å². The molecule has 6 rings (SSSR count). The Morgan fingerprint density at radius 3 is 1.38 bits per heavy atom. The fourth-order valence-corrected chi connectivity index (χ4v) is 19.3. The van der Waals surface area contributed by atoms with Gasteiger partial charge in [-0.05, 0) is 172 Å². The lowest BCUT2D eigenvalue weighted by molar-refractivity contribution is 0.487. The molecule has 64 heavy (non-hydrogen) atoms. The van der Waals surface area contributed by atoms with Crippen LogP contribution in [-0.2, 0) is 0 Å². The third kappa shape index (κ3) is 14.8. The van der Waals surface area contributed by atoms with Gasteiger partial charge >= 0.3 is 0 Å². The van der Waals surface area contributed by atoms with Crippen LogP contribution < -0.4 is 10.6 Å². The lowest BCUT2D eigenvalue weighted by atomic mass is 9.97. The third-order valence-corrected chi connectivity index (χ3v) is 20.8. The molecule has 0 saturated heterocycles. The first-order valence-electron chi connectivity index (χ1n) is 26.5. The Morgan fingerprint density at radius 1 is 0.500 bits per heavy atom. The quantitative estimate of drug-likeness (QED) is 0.0943. The summed E-state index contributed by atoms with van der Waals surface area (Å²) in [4.78, 5) is 22.4. The molecular formula is C56H90N6P2. The maximum atomic E-state index is 6.14. The van der Waals surface area contributed by atoms with E-state index in [0.29, 0.717) is 11.8 Å². The molecule has 8 heteroatoms. The molecule has 4 aliphatic rings. The highest BCUT2D eigenvalue weighted by Gasteiger charge is 2.37. The Bertz CT molecular complexity index is 1830. The van der Waals surface area contributed by atoms with Crippen LogP contribution in [0.2, 0.25) is 0 Å². The van der Waals surface area contributed by atoms with Gasteiger partial charge in [-0.1, -0.05) is 125 Å². The zero-order valence-corrected chi connectivity index (χ0v) is 44.1. The molecule has 2 N–H and O–H groups in total. The second kappa shape index (κ2) is 25.6. The van der Waals surface area contributed by atoms with E-state index in [0.717, 1.165) is 75.2 Å². The molecule has 4 fully saturated rings. The van der Waals surface area contributed by atoms with Gasteiger partial charge in [0.15, 0.2) is 0 Å². The molecule has 0 spiro atoms. The highest BCUT2D eigenvalue weighted by molar-refractivity contribution is 7.77. The van der Waals surface area contributed by atoms with E-state index >= 15 is 0 Å². The van der Waals surface area contributed by atoms with Gasteiger partial charge in [0.1, 0.15) is 5.58 Å². The van der Waals surface area contributed by atoms with Gasteiger partial charge in [-0.25, -0.2) is 0 Å². The molecule has 4 aliphatic carbocycles. The predicted octanol–water partition coefficient (Wildman–Crippen LogP) is 18.3. The van der Waals surface area contributed by atoms with Crippen molar-refractivity contribution in [2.24, 2.45) is 31.8 Å². The summed E-state index contributed by atoms with van der Waals surface area (Å²) in [6.45, 7) is 22.7. The minimum Gasteiger partial charge on any atom is -0.344 e. The Balaban J connectivity index is 1.63. The van der Waals surface area contributed by atoms with Crippen molar-refractivity contribution in [1.82, 2.24) is 0 Å². The van der Waals surface area contributed by atoms with Gasteiger partial charge in [-0.2, -0.15) is 0 Å². The van der Waals surface area contributed by atoms with Crippen molar-refractivity contribution < 1.29 is 0 Å². The average Bonchev–Trinajstić information content (AvgIpc) is 3.25. The molecule has 0 aromatic heterocycles. The van der Waals surface area contributed by atoms with Gasteiger partial charge in [0.25, 0.3) is 0 Å². The van der Waals surface area contributed by atoms with E-state index in [2.05, 4.69) is 116 Å². The van der Waals surface area contributed by atoms with Crippen LogP contribution in [0.25, 0.3) is 11.1 Å². The minimum atomic E-state index is -0.481. The van der Waals surface area contributed by atoms with Crippen LogP contribution in [0.1, 0.15) is 210 Å². The zero-order chi connectivity index (χ0) is 45.6. The van der Waals surface area contributed by atoms with Crippen LogP contribution in [0, 0.1) is 11.8 Å². The summed E-state index contributed by atoms with van der Waals surface area (Å²) in [7, 11) is -0.856. The summed E-state index contributed by atoms with van der Waals surface area (Å²) < 4.78 is 0. The molecule has 0 aliphatic heterocycles. The van der Waals surface area contributed by atoms with E-state index < -0.39 is 7.92 Å². The van der Waals surface area contributed by atoms with Crippen molar-refractivity contribution in [3.63, 3.8) is 0 Å². The predicted molar refractivity (Wildman–Crippen MR) is 290 cm³/mol. The molecule has 0 heterocycles. The van der Waals surface area contributed by atoms with Gasteiger partial charge in [0.2, 0.25) is 0 Å². The fourth-order valence-electron chi connectivity index (χ4n) is 11.5. The van der Waals surface area contributed by atoms with Gasteiger partial charge in [0, 0.05) is 45.7 Å². The zero-order valence-electron chi connectivity index (χ0n) is 42.3. The van der Waals surface area contributed by atoms with Gasteiger partial charge in [0.05, 0.1) is 17.2 Å². The van der Waals surface area contributed by atoms with Crippen molar-refractivity contribution in [3.8, 4) is 11.1 Å². The molecule has 0 atom stereocenters. The Morgan fingerprint density at radius 2 is 0.922 bits per heavy atom. The first-order chi connectivity index (χ1) is 30.9. The summed E-state index contributed by atoms with van der Waals surface area (Å²) in [5.41, 5.74) is 13.6. The van der Waals surface area contributed by atoms with E-state index in [1.807, 2.05) is 0 Å². The minimum absolute atomic E-state index is 0.185. The van der Waals surface area contributed by atoms with Gasteiger partial charge in [-0.15, -0.1) is 0 Å². The fraction of sp³-hybridized carbons (Fsp3) is 0.714. The van der Waals surface area contributed by atoms with Crippen LogP contribution in [0.3, 0.4) is 0 Å². The second-order valence-corrected chi connectivity index (χ2v) is 27.0. The summed E-state index contributed by atoms with van der Waals surface area (Å²) in [5.74, 6) is 2.00. The second-order valence-electron chi connectivity index (χ2n) is 21.6. The summed E-state index contributed by atoms with van der Waals surface area (Å²) in [6.07, 6.45) is 29.4. The monoisotopic (exact) mass is 909 g/mol. The van der Waals surface area contributed by atoms with Crippen LogP contribution in [0.5, 0.6) is 0 Å². The Kier molecular flexibility index (Phi) is 20.4. The highest BCUT2D eigenvalue weighted by atomic mass is 31.1. The Hall–Kier alpha value is -2.42. The van der Waals surface area contributed by atoms with Gasteiger partial charge in [-0.3, -0.25) is 20.0 Å². The molecule has 6 nitrogen and oxygen atoms in total. The molecular weight excluding hydrogens is 819 g/mol. The number of anilines is 2. The number of hydrogen-bond acceptors (Lipinski definition) is 4. The molecule has 2 aromatic rings. The van der Waals surface area contributed by atoms with Crippen LogP contribution in [0.4, 0.5) is 22.7 Å². The molecule has 0 bridgehead atoms. The average molecular weight is 909 g/mol. The van der Waals surface area contributed by atoms with Crippen molar-refractivity contribution in [1.29, 1.82) is 0 Å². The number of rotatable bonds is 17. The number of nitrogens with one attached hydrogen (secondary N) is 2. The van der Waals surface area contributed by atoms with Crippen LogP contribution in [0.15, 0.2) is 56.4 Å². The van der Waals surface area contributed by atoms with E-state index in [1.165, 1.54) is 145 Å².